The summed E-state index contributed by atoms with van der Waals surface area (Å²) in [5.41, 5.74) is -0.630. The zero-order valence-electron chi connectivity index (χ0n) is 9.48. The van der Waals surface area contributed by atoms with E-state index in [1.165, 1.54) is 0 Å². The van der Waals surface area contributed by atoms with E-state index in [0.29, 0.717) is 6.07 Å². The number of benzene rings is 1. The maximum atomic E-state index is 13.6. The van der Waals surface area contributed by atoms with Gasteiger partial charge in [-0.3, -0.25) is 4.79 Å². The largest absolute Gasteiger partial charge is 0.351 e. The molecule has 1 N–H and O–H groups in total. The molecule has 0 bridgehead atoms. The van der Waals surface area contributed by atoms with Crippen LogP contribution in [0.25, 0.3) is 0 Å². The second kappa shape index (κ2) is 3.75. The van der Waals surface area contributed by atoms with Crippen molar-refractivity contribution in [2.24, 2.45) is 0 Å². The first-order chi connectivity index (χ1) is 7.81. The van der Waals surface area contributed by atoms with Gasteiger partial charge in [-0.25, -0.2) is 13.2 Å². The molecule has 1 aliphatic heterocycles. The van der Waals surface area contributed by atoms with Crippen molar-refractivity contribution in [3.63, 3.8) is 0 Å². The lowest BCUT2D eigenvalue weighted by molar-refractivity contribution is -0.119. The van der Waals surface area contributed by atoms with Crippen molar-refractivity contribution < 1.29 is 18.0 Å². The molecule has 0 spiro atoms. The predicted molar refractivity (Wildman–Crippen MR) is 55.9 cm³/mol. The van der Waals surface area contributed by atoms with Gasteiger partial charge in [-0.15, -0.1) is 0 Å². The van der Waals surface area contributed by atoms with Gasteiger partial charge in [0.1, 0.15) is 5.82 Å². The number of hydrogen-bond donors (Lipinski definition) is 1. The molecule has 1 saturated heterocycles. The Morgan fingerprint density at radius 1 is 1.18 bits per heavy atom. The molecule has 17 heavy (non-hydrogen) atoms. The number of carbonyl (C=O) groups is 1. The summed E-state index contributed by atoms with van der Waals surface area (Å²) >= 11 is 0. The molecule has 1 unspecified atom stereocenters. The lowest BCUT2D eigenvalue weighted by atomic mass is 9.83. The summed E-state index contributed by atoms with van der Waals surface area (Å²) in [6.45, 7) is 3.45. The van der Waals surface area contributed by atoms with Crippen molar-refractivity contribution >= 4 is 5.91 Å². The van der Waals surface area contributed by atoms with E-state index >= 15 is 0 Å². The van der Waals surface area contributed by atoms with Gasteiger partial charge in [0, 0.05) is 23.9 Å². The van der Waals surface area contributed by atoms with Gasteiger partial charge in [0.05, 0.1) is 0 Å². The fraction of sp³-hybridized carbons (Fsp3) is 0.417. The molecule has 92 valence electrons. The van der Waals surface area contributed by atoms with Crippen molar-refractivity contribution in [2.75, 3.05) is 0 Å². The van der Waals surface area contributed by atoms with E-state index in [0.717, 1.165) is 6.07 Å². The highest BCUT2D eigenvalue weighted by Crippen LogP contribution is 2.37. The Kier molecular flexibility index (Phi) is 2.64. The molecule has 0 aromatic heterocycles. The molecule has 1 fully saturated rings. The van der Waals surface area contributed by atoms with Crippen molar-refractivity contribution in [2.45, 2.75) is 31.7 Å². The van der Waals surface area contributed by atoms with Crippen LogP contribution in [0.5, 0.6) is 0 Å². The van der Waals surface area contributed by atoms with Crippen LogP contribution in [0.2, 0.25) is 0 Å². The Balaban J connectivity index is 2.47. The Morgan fingerprint density at radius 3 is 2.29 bits per heavy atom. The minimum Gasteiger partial charge on any atom is -0.351 e. The standard InChI is InChI=1S/C12H12F3NO/c1-12(2)7(4-11(17)16-12)6-3-9(14)10(15)5-8(6)13/h3,5,7H,4H2,1-2H3,(H,16,17). The van der Waals surface area contributed by atoms with Crippen molar-refractivity contribution in [3.05, 3.63) is 35.1 Å². The Morgan fingerprint density at radius 2 is 1.76 bits per heavy atom. The Hall–Kier alpha value is -1.52. The van der Waals surface area contributed by atoms with Crippen LogP contribution in [0.1, 0.15) is 31.7 Å². The third kappa shape index (κ3) is 2.01. The lowest BCUT2D eigenvalue weighted by Crippen LogP contribution is -2.38. The molecule has 5 heteroatoms. The molecule has 1 aromatic rings. The van der Waals surface area contributed by atoms with E-state index in [4.69, 9.17) is 0 Å². The number of halogens is 3. The summed E-state index contributed by atoms with van der Waals surface area (Å²) in [6.07, 6.45) is 0.0784. The Bertz CT molecular complexity index is 485. The average Bonchev–Trinajstić information content (AvgIpc) is 2.45. The molecule has 0 radical (unpaired) electrons. The van der Waals surface area contributed by atoms with Gasteiger partial charge in [-0.05, 0) is 25.5 Å². The number of rotatable bonds is 1. The summed E-state index contributed by atoms with van der Waals surface area (Å²) in [6, 6.07) is 1.35. The normalized spacial score (nSPS) is 22.6. The van der Waals surface area contributed by atoms with E-state index in [1.807, 2.05) is 0 Å². The highest BCUT2D eigenvalue weighted by atomic mass is 19.2. The van der Waals surface area contributed by atoms with Crippen molar-refractivity contribution in [1.29, 1.82) is 0 Å². The zero-order valence-corrected chi connectivity index (χ0v) is 9.48. The first kappa shape index (κ1) is 12.0. The molecule has 1 aliphatic rings. The van der Waals surface area contributed by atoms with E-state index < -0.39 is 28.9 Å². The van der Waals surface area contributed by atoms with E-state index in [1.54, 1.807) is 13.8 Å². The minimum absolute atomic E-state index is 0.0345. The fourth-order valence-electron chi connectivity index (χ4n) is 2.24. The van der Waals surface area contributed by atoms with Crippen molar-refractivity contribution in [1.82, 2.24) is 5.32 Å². The molecule has 2 nitrogen and oxygen atoms in total. The fourth-order valence-corrected chi connectivity index (χ4v) is 2.24. The molecule has 1 heterocycles. The summed E-state index contributed by atoms with van der Waals surface area (Å²) in [5.74, 6) is -3.86. The SMILES string of the molecule is CC1(C)NC(=O)CC1c1cc(F)c(F)cc1F. The maximum absolute atomic E-state index is 13.6. The van der Waals surface area contributed by atoms with Crippen LogP contribution in [0.3, 0.4) is 0 Å². The summed E-state index contributed by atoms with van der Waals surface area (Å²) in [7, 11) is 0. The van der Waals surface area contributed by atoms with E-state index in [9.17, 15) is 18.0 Å². The highest BCUT2D eigenvalue weighted by Gasteiger charge is 2.41. The molecule has 1 atom stereocenters. The zero-order chi connectivity index (χ0) is 12.8. The van der Waals surface area contributed by atoms with Gasteiger partial charge in [0.15, 0.2) is 11.6 Å². The smallest absolute Gasteiger partial charge is 0.221 e. The Labute approximate surface area is 96.8 Å². The average molecular weight is 243 g/mol. The topological polar surface area (TPSA) is 29.1 Å². The van der Waals surface area contributed by atoms with Gasteiger partial charge >= 0.3 is 0 Å². The molecule has 0 aliphatic carbocycles. The molecular formula is C12H12F3NO. The first-order valence-electron chi connectivity index (χ1n) is 5.26. The van der Waals surface area contributed by atoms with E-state index in [2.05, 4.69) is 5.32 Å². The summed E-state index contributed by atoms with van der Waals surface area (Å²) < 4.78 is 39.5. The number of hydrogen-bond acceptors (Lipinski definition) is 1. The van der Waals surface area contributed by atoms with Crippen LogP contribution in [0.4, 0.5) is 13.2 Å². The summed E-state index contributed by atoms with van der Waals surface area (Å²) in [4.78, 5) is 11.3. The number of nitrogens with one attached hydrogen (secondary N) is 1. The monoisotopic (exact) mass is 243 g/mol. The van der Waals surface area contributed by atoms with Gasteiger partial charge < -0.3 is 5.32 Å². The minimum atomic E-state index is -1.22. The predicted octanol–water partition coefficient (Wildman–Crippen LogP) is 2.49. The van der Waals surface area contributed by atoms with Crippen LogP contribution in [0.15, 0.2) is 12.1 Å². The third-order valence-corrected chi connectivity index (χ3v) is 3.14. The van der Waals surface area contributed by atoms with Crippen LogP contribution in [-0.2, 0) is 4.79 Å². The van der Waals surface area contributed by atoms with Crippen LogP contribution in [0, 0.1) is 17.5 Å². The van der Waals surface area contributed by atoms with Gasteiger partial charge in [-0.2, -0.15) is 0 Å². The second-order valence-corrected chi connectivity index (χ2v) is 4.81. The van der Waals surface area contributed by atoms with Gasteiger partial charge in [0.2, 0.25) is 5.91 Å². The number of carbonyl (C=O) groups excluding carboxylic acids is 1. The molecule has 2 rings (SSSR count). The van der Waals surface area contributed by atoms with Gasteiger partial charge in [0.25, 0.3) is 0 Å². The molecule has 1 amide bonds. The second-order valence-electron chi connectivity index (χ2n) is 4.81. The first-order valence-corrected chi connectivity index (χ1v) is 5.26. The lowest BCUT2D eigenvalue weighted by Gasteiger charge is -2.27. The maximum Gasteiger partial charge on any atom is 0.221 e. The van der Waals surface area contributed by atoms with Crippen LogP contribution < -0.4 is 5.32 Å². The van der Waals surface area contributed by atoms with Crippen LogP contribution >= 0.6 is 0 Å². The molecule has 1 aromatic carbocycles. The van der Waals surface area contributed by atoms with Gasteiger partial charge in [-0.1, -0.05) is 0 Å². The summed E-state index contributed by atoms with van der Waals surface area (Å²) in [5, 5.41) is 2.68. The van der Waals surface area contributed by atoms with Crippen LogP contribution in [-0.4, -0.2) is 11.4 Å². The highest BCUT2D eigenvalue weighted by molar-refractivity contribution is 5.81. The van der Waals surface area contributed by atoms with E-state index in [-0.39, 0.29) is 17.9 Å². The third-order valence-electron chi connectivity index (χ3n) is 3.14. The molecular weight excluding hydrogens is 231 g/mol. The quantitative estimate of drug-likeness (QED) is 0.754. The molecule has 0 saturated carbocycles. The number of amides is 1. The van der Waals surface area contributed by atoms with Crippen molar-refractivity contribution in [3.8, 4) is 0 Å².